The van der Waals surface area contributed by atoms with Crippen LogP contribution in [0.4, 0.5) is 11.4 Å². The molecule has 1 amide bonds. The van der Waals surface area contributed by atoms with E-state index in [0.29, 0.717) is 11.7 Å². The molecule has 0 aliphatic carbocycles. The van der Waals surface area contributed by atoms with Crippen LogP contribution in [0.3, 0.4) is 0 Å². The molecule has 2 aromatic rings. The van der Waals surface area contributed by atoms with Gasteiger partial charge in [-0.05, 0) is 57.2 Å². The van der Waals surface area contributed by atoms with Gasteiger partial charge in [0.2, 0.25) is 0 Å². The fourth-order valence-electron chi connectivity index (χ4n) is 2.53. The minimum atomic E-state index is -0.691. The highest BCUT2D eigenvalue weighted by molar-refractivity contribution is 6.32. The Labute approximate surface area is 158 Å². The molecular weight excluding hydrogens is 354 g/mol. The lowest BCUT2D eigenvalue weighted by Crippen LogP contribution is -2.30. The van der Waals surface area contributed by atoms with Crippen molar-refractivity contribution in [1.29, 1.82) is 0 Å². The maximum atomic E-state index is 12.0. The number of nitrogens with one attached hydrogen (secondary N) is 1. The van der Waals surface area contributed by atoms with Crippen molar-refractivity contribution in [2.75, 3.05) is 23.4 Å². The minimum Gasteiger partial charge on any atom is -0.452 e. The monoisotopic (exact) mass is 375 g/mol. The highest BCUT2D eigenvalue weighted by atomic mass is 35.5. The third kappa shape index (κ3) is 5.20. The van der Waals surface area contributed by atoms with Crippen molar-refractivity contribution in [3.8, 4) is 0 Å². The number of aromatic nitrogens is 1. The zero-order chi connectivity index (χ0) is 19.1. The van der Waals surface area contributed by atoms with Crippen molar-refractivity contribution in [3.63, 3.8) is 0 Å². The number of esters is 1. The number of ether oxygens (including phenoxy) is 1. The number of pyridine rings is 1. The number of anilines is 2. The van der Waals surface area contributed by atoms with Crippen molar-refractivity contribution >= 4 is 34.9 Å². The summed E-state index contributed by atoms with van der Waals surface area (Å²) in [5.74, 6) is -1.12. The largest absolute Gasteiger partial charge is 0.452 e. The lowest BCUT2D eigenvalue weighted by molar-refractivity contribution is -0.119. The molecule has 0 atom stereocenters. The Kier molecular flexibility index (Phi) is 6.97. The fraction of sp³-hybridized carbons (Fsp3) is 0.316. The minimum absolute atomic E-state index is 0.0409. The smallest absolute Gasteiger partial charge is 0.341 e. The lowest BCUT2D eigenvalue weighted by Gasteiger charge is -2.27. The fourth-order valence-corrected chi connectivity index (χ4v) is 2.72. The maximum absolute atomic E-state index is 12.0. The number of benzene rings is 1. The van der Waals surface area contributed by atoms with Gasteiger partial charge in [0, 0.05) is 30.2 Å². The average Bonchev–Trinajstić information content (AvgIpc) is 2.62. The molecule has 1 N–H and O–H groups in total. The van der Waals surface area contributed by atoms with Gasteiger partial charge in [0.15, 0.2) is 6.61 Å². The SMILES string of the molecule is CCN(c1ccc(NC(=O)COC(=O)c2cccnc2Cl)cc1)C(C)C. The Morgan fingerprint density at radius 1 is 1.23 bits per heavy atom. The zero-order valence-corrected chi connectivity index (χ0v) is 15.8. The van der Waals surface area contributed by atoms with Gasteiger partial charge in [-0.25, -0.2) is 9.78 Å². The van der Waals surface area contributed by atoms with Crippen molar-refractivity contribution in [2.45, 2.75) is 26.8 Å². The van der Waals surface area contributed by atoms with E-state index in [1.165, 1.54) is 12.3 Å². The number of carbonyl (C=O) groups is 2. The summed E-state index contributed by atoms with van der Waals surface area (Å²) in [5.41, 5.74) is 1.84. The molecule has 26 heavy (non-hydrogen) atoms. The standard InChI is InChI=1S/C19H22ClN3O3/c1-4-23(13(2)3)15-9-7-14(8-10-15)22-17(24)12-26-19(25)16-6-5-11-21-18(16)20/h5-11,13H,4,12H2,1-3H3,(H,22,24). The second-order valence-electron chi connectivity index (χ2n) is 5.89. The second kappa shape index (κ2) is 9.20. The normalized spacial score (nSPS) is 10.5. The molecule has 7 heteroatoms. The zero-order valence-electron chi connectivity index (χ0n) is 15.0. The molecule has 138 valence electrons. The van der Waals surface area contributed by atoms with Gasteiger partial charge in [-0.15, -0.1) is 0 Å². The highest BCUT2D eigenvalue weighted by Gasteiger charge is 2.14. The molecule has 0 aliphatic rings. The average molecular weight is 376 g/mol. The summed E-state index contributed by atoms with van der Waals surface area (Å²) in [6, 6.07) is 11.0. The molecule has 0 unspecified atom stereocenters. The van der Waals surface area contributed by atoms with E-state index in [1.807, 2.05) is 24.3 Å². The van der Waals surface area contributed by atoms with Crippen LogP contribution in [0, 0.1) is 0 Å². The number of amides is 1. The Bertz CT molecular complexity index is 763. The number of hydrogen-bond acceptors (Lipinski definition) is 5. The van der Waals surface area contributed by atoms with Crippen LogP contribution in [0.25, 0.3) is 0 Å². The van der Waals surface area contributed by atoms with E-state index in [-0.39, 0.29) is 10.7 Å². The molecule has 2 rings (SSSR count). The van der Waals surface area contributed by atoms with E-state index < -0.39 is 18.5 Å². The van der Waals surface area contributed by atoms with Crippen molar-refractivity contribution in [1.82, 2.24) is 4.98 Å². The van der Waals surface area contributed by atoms with Crippen LogP contribution in [0.15, 0.2) is 42.6 Å². The van der Waals surface area contributed by atoms with Gasteiger partial charge in [-0.3, -0.25) is 4.79 Å². The van der Waals surface area contributed by atoms with Gasteiger partial charge in [0.25, 0.3) is 5.91 Å². The first-order valence-corrected chi connectivity index (χ1v) is 8.74. The molecule has 0 aliphatic heterocycles. The summed E-state index contributed by atoms with van der Waals surface area (Å²) in [6.45, 7) is 6.85. The first-order valence-electron chi connectivity index (χ1n) is 8.36. The van der Waals surface area contributed by atoms with Crippen LogP contribution in [0.1, 0.15) is 31.1 Å². The third-order valence-electron chi connectivity index (χ3n) is 3.76. The van der Waals surface area contributed by atoms with Gasteiger partial charge in [0.05, 0.1) is 5.56 Å². The first kappa shape index (κ1) is 19.7. The third-order valence-corrected chi connectivity index (χ3v) is 4.06. The predicted octanol–water partition coefficient (Wildman–Crippen LogP) is 3.77. The number of nitrogens with zero attached hydrogens (tertiary/aromatic N) is 2. The van der Waals surface area contributed by atoms with E-state index >= 15 is 0 Å². The molecular formula is C19H22ClN3O3. The van der Waals surface area contributed by atoms with Crippen LogP contribution in [-0.2, 0) is 9.53 Å². The quantitative estimate of drug-likeness (QED) is 0.589. The summed E-state index contributed by atoms with van der Waals surface area (Å²) in [6.07, 6.45) is 1.47. The van der Waals surface area contributed by atoms with Gasteiger partial charge in [-0.1, -0.05) is 11.6 Å². The molecule has 1 aromatic carbocycles. The van der Waals surface area contributed by atoms with Crippen LogP contribution in [0.5, 0.6) is 0 Å². The van der Waals surface area contributed by atoms with Crippen molar-refractivity contribution < 1.29 is 14.3 Å². The Hall–Kier alpha value is -2.60. The summed E-state index contributed by atoms with van der Waals surface area (Å²) >= 11 is 5.82. The Morgan fingerprint density at radius 2 is 1.92 bits per heavy atom. The van der Waals surface area contributed by atoms with Gasteiger partial charge < -0.3 is 15.0 Å². The van der Waals surface area contributed by atoms with Gasteiger partial charge >= 0.3 is 5.97 Å². The molecule has 6 nitrogen and oxygen atoms in total. The van der Waals surface area contributed by atoms with Crippen molar-refractivity contribution in [3.05, 3.63) is 53.3 Å². The summed E-state index contributed by atoms with van der Waals surface area (Å²) < 4.78 is 4.97. The molecule has 0 fully saturated rings. The van der Waals surface area contributed by atoms with Crippen LogP contribution in [0.2, 0.25) is 5.15 Å². The number of carbonyl (C=O) groups excluding carboxylic acids is 2. The van der Waals surface area contributed by atoms with E-state index in [2.05, 4.69) is 36.0 Å². The molecule has 0 spiro atoms. The summed E-state index contributed by atoms with van der Waals surface area (Å²) in [7, 11) is 0. The van der Waals surface area contributed by atoms with Crippen LogP contribution in [-0.4, -0.2) is 36.1 Å². The van der Waals surface area contributed by atoms with Crippen LogP contribution < -0.4 is 10.2 Å². The molecule has 0 radical (unpaired) electrons. The van der Waals surface area contributed by atoms with E-state index in [0.717, 1.165) is 12.2 Å². The topological polar surface area (TPSA) is 71.5 Å². The van der Waals surface area contributed by atoms with Crippen molar-refractivity contribution in [2.24, 2.45) is 0 Å². The Balaban J connectivity index is 1.90. The maximum Gasteiger partial charge on any atom is 0.341 e. The molecule has 0 saturated carbocycles. The first-order chi connectivity index (χ1) is 12.4. The van der Waals surface area contributed by atoms with Gasteiger partial charge in [-0.2, -0.15) is 0 Å². The number of halogens is 1. The molecule has 1 aromatic heterocycles. The lowest BCUT2D eigenvalue weighted by atomic mass is 10.2. The van der Waals surface area contributed by atoms with E-state index in [1.54, 1.807) is 6.07 Å². The number of hydrogen-bond donors (Lipinski definition) is 1. The predicted molar refractivity (Wildman–Crippen MR) is 103 cm³/mol. The molecule has 0 bridgehead atoms. The van der Waals surface area contributed by atoms with Crippen LogP contribution >= 0.6 is 11.6 Å². The van der Waals surface area contributed by atoms with E-state index in [4.69, 9.17) is 16.3 Å². The summed E-state index contributed by atoms with van der Waals surface area (Å²) in [5, 5.41) is 2.73. The second-order valence-corrected chi connectivity index (χ2v) is 6.25. The van der Waals surface area contributed by atoms with E-state index in [9.17, 15) is 9.59 Å². The molecule has 0 saturated heterocycles. The number of rotatable bonds is 7. The molecule has 1 heterocycles. The highest BCUT2D eigenvalue weighted by Crippen LogP contribution is 2.20. The summed E-state index contributed by atoms with van der Waals surface area (Å²) in [4.78, 5) is 29.9. The Morgan fingerprint density at radius 3 is 2.50 bits per heavy atom. The van der Waals surface area contributed by atoms with Gasteiger partial charge in [0.1, 0.15) is 5.15 Å².